The summed E-state index contributed by atoms with van der Waals surface area (Å²) >= 11 is 0. The van der Waals surface area contributed by atoms with Crippen LogP contribution in [0.1, 0.15) is 43.4 Å². The first-order chi connectivity index (χ1) is 9.87. The van der Waals surface area contributed by atoms with Gasteiger partial charge in [-0.25, -0.2) is 17.8 Å². The number of nitriles is 1. The van der Waals surface area contributed by atoms with Crippen molar-refractivity contribution in [1.82, 2.24) is 4.98 Å². The molecule has 112 valence electrons. The molecular formula is C14H15FN2O3S. The highest BCUT2D eigenvalue weighted by atomic mass is 32.2. The van der Waals surface area contributed by atoms with Gasteiger partial charge < -0.3 is 5.11 Å². The Morgan fingerprint density at radius 2 is 2.00 bits per heavy atom. The zero-order valence-electron chi connectivity index (χ0n) is 11.3. The highest BCUT2D eigenvalue weighted by molar-refractivity contribution is 7.92. The summed E-state index contributed by atoms with van der Waals surface area (Å²) in [6.07, 6.45) is 3.32. The van der Waals surface area contributed by atoms with Crippen molar-refractivity contribution in [1.29, 1.82) is 5.26 Å². The number of rotatable bonds is 1. The minimum atomic E-state index is -3.19. The molecule has 2 aliphatic heterocycles. The van der Waals surface area contributed by atoms with Gasteiger partial charge in [0.1, 0.15) is 6.07 Å². The van der Waals surface area contributed by atoms with Crippen LogP contribution >= 0.6 is 0 Å². The molecule has 1 aromatic rings. The van der Waals surface area contributed by atoms with Crippen LogP contribution in [0.15, 0.2) is 12.3 Å². The van der Waals surface area contributed by atoms with Crippen molar-refractivity contribution < 1.29 is 17.9 Å². The van der Waals surface area contributed by atoms with Crippen LogP contribution in [0.3, 0.4) is 0 Å². The molecule has 0 saturated carbocycles. The maximum Gasteiger partial charge on any atom is 0.176 e. The Hall–Kier alpha value is -1.52. The third-order valence-electron chi connectivity index (χ3n) is 4.60. The number of halogens is 1. The van der Waals surface area contributed by atoms with Gasteiger partial charge in [0.25, 0.3) is 0 Å². The third-order valence-corrected chi connectivity index (χ3v) is 7.26. The Bertz CT molecular complexity index is 706. The van der Waals surface area contributed by atoms with Crippen molar-refractivity contribution in [3.63, 3.8) is 0 Å². The van der Waals surface area contributed by atoms with Gasteiger partial charge in [0.05, 0.1) is 16.1 Å². The van der Waals surface area contributed by atoms with E-state index in [0.717, 1.165) is 12.5 Å². The summed E-state index contributed by atoms with van der Waals surface area (Å²) in [5, 5.41) is 18.4. The molecule has 0 radical (unpaired) electrons. The molecule has 2 fully saturated rings. The molecule has 21 heavy (non-hydrogen) atoms. The van der Waals surface area contributed by atoms with Gasteiger partial charge in [0.2, 0.25) is 0 Å². The summed E-state index contributed by atoms with van der Waals surface area (Å²) < 4.78 is 38.2. The molecule has 2 unspecified atom stereocenters. The highest BCUT2D eigenvalue weighted by Crippen LogP contribution is 2.46. The normalized spacial score (nSPS) is 34.1. The molecule has 7 heteroatoms. The van der Waals surface area contributed by atoms with E-state index in [1.165, 1.54) is 6.20 Å². The Balaban J connectivity index is 1.99. The quantitative estimate of drug-likeness (QED) is 0.847. The lowest BCUT2D eigenvalue weighted by molar-refractivity contribution is 0.00441. The summed E-state index contributed by atoms with van der Waals surface area (Å²) in [5.41, 5.74) is -1.46. The van der Waals surface area contributed by atoms with Crippen LogP contribution in [0.5, 0.6) is 0 Å². The average molecular weight is 310 g/mol. The fourth-order valence-electron chi connectivity index (χ4n) is 3.46. The van der Waals surface area contributed by atoms with Gasteiger partial charge in [0, 0.05) is 11.8 Å². The number of hydrogen-bond donors (Lipinski definition) is 1. The molecule has 1 N–H and O–H groups in total. The number of fused-ring (bicyclic) bond motifs is 2. The van der Waals surface area contributed by atoms with Crippen molar-refractivity contribution in [3.05, 3.63) is 29.3 Å². The molecule has 5 nitrogen and oxygen atoms in total. The fraction of sp³-hybridized carbons (Fsp3) is 0.571. The van der Waals surface area contributed by atoms with Crippen molar-refractivity contribution in [3.8, 4) is 6.07 Å². The van der Waals surface area contributed by atoms with Crippen LogP contribution in [0.25, 0.3) is 0 Å². The average Bonchev–Trinajstić information content (AvgIpc) is 2.40. The molecule has 0 aliphatic carbocycles. The van der Waals surface area contributed by atoms with Crippen molar-refractivity contribution in [2.45, 2.75) is 48.2 Å². The van der Waals surface area contributed by atoms with E-state index in [2.05, 4.69) is 4.98 Å². The highest BCUT2D eigenvalue weighted by Gasteiger charge is 2.51. The van der Waals surface area contributed by atoms with E-state index in [0.29, 0.717) is 12.8 Å². The Kier molecular flexibility index (Phi) is 3.26. The number of aliphatic hydroxyl groups is 1. The van der Waals surface area contributed by atoms with Crippen molar-refractivity contribution in [2.24, 2.45) is 0 Å². The van der Waals surface area contributed by atoms with E-state index in [-0.39, 0.29) is 24.1 Å². The van der Waals surface area contributed by atoms with Gasteiger partial charge in [-0.05, 0) is 31.7 Å². The summed E-state index contributed by atoms with van der Waals surface area (Å²) in [6.45, 7) is 0. The zero-order valence-corrected chi connectivity index (χ0v) is 12.1. The Labute approximate surface area is 122 Å². The van der Waals surface area contributed by atoms with Gasteiger partial charge >= 0.3 is 0 Å². The standard InChI is InChI=1S/C14H15FN2O3S/c15-12-4-9(8-17-13(12)7-16)14(18)5-10-2-1-3-11(6-14)21(10,19)20/h4,8,10-11,18H,1-3,5-6H2. The van der Waals surface area contributed by atoms with Crippen molar-refractivity contribution >= 4 is 9.84 Å². The topological polar surface area (TPSA) is 91.0 Å². The second-order valence-corrected chi connectivity index (χ2v) is 8.38. The third kappa shape index (κ3) is 2.23. The van der Waals surface area contributed by atoms with Crippen molar-refractivity contribution in [2.75, 3.05) is 0 Å². The molecule has 3 rings (SSSR count). The zero-order chi connectivity index (χ0) is 15.3. The Morgan fingerprint density at radius 1 is 1.38 bits per heavy atom. The molecule has 2 saturated heterocycles. The van der Waals surface area contributed by atoms with Crippen LogP contribution in [-0.2, 0) is 15.4 Å². The number of pyridine rings is 1. The van der Waals surface area contributed by atoms with E-state index in [1.54, 1.807) is 6.07 Å². The lowest BCUT2D eigenvalue weighted by Gasteiger charge is -2.43. The van der Waals surface area contributed by atoms with Crippen LogP contribution in [0.4, 0.5) is 4.39 Å². The molecular weight excluding hydrogens is 295 g/mol. The minimum Gasteiger partial charge on any atom is -0.385 e. The van der Waals surface area contributed by atoms with Crippen LogP contribution in [-0.4, -0.2) is 29.0 Å². The molecule has 0 spiro atoms. The van der Waals surface area contributed by atoms with Gasteiger partial charge in [0.15, 0.2) is 21.3 Å². The number of aromatic nitrogens is 1. The molecule has 3 heterocycles. The van der Waals surface area contributed by atoms with E-state index < -0.39 is 31.8 Å². The fourth-order valence-corrected chi connectivity index (χ4v) is 6.01. The van der Waals surface area contributed by atoms with E-state index in [9.17, 15) is 17.9 Å². The van der Waals surface area contributed by atoms with Gasteiger partial charge in [-0.3, -0.25) is 0 Å². The maximum atomic E-state index is 13.7. The molecule has 1 aromatic heterocycles. The van der Waals surface area contributed by atoms with Crippen LogP contribution < -0.4 is 0 Å². The molecule has 2 aliphatic rings. The van der Waals surface area contributed by atoms with E-state index in [4.69, 9.17) is 5.26 Å². The first-order valence-corrected chi connectivity index (χ1v) is 8.49. The smallest absolute Gasteiger partial charge is 0.176 e. The number of hydrogen-bond acceptors (Lipinski definition) is 5. The van der Waals surface area contributed by atoms with E-state index in [1.807, 2.05) is 0 Å². The van der Waals surface area contributed by atoms with Crippen LogP contribution in [0.2, 0.25) is 0 Å². The number of sulfone groups is 1. The monoisotopic (exact) mass is 310 g/mol. The first kappa shape index (κ1) is 14.4. The van der Waals surface area contributed by atoms with Gasteiger partial charge in [-0.1, -0.05) is 6.42 Å². The minimum absolute atomic E-state index is 0.0683. The van der Waals surface area contributed by atoms with Gasteiger partial charge in [-0.2, -0.15) is 5.26 Å². The molecule has 2 bridgehead atoms. The summed E-state index contributed by atoms with van der Waals surface area (Å²) in [7, 11) is -3.19. The molecule has 0 aromatic carbocycles. The summed E-state index contributed by atoms with van der Waals surface area (Å²) in [4.78, 5) is 3.70. The van der Waals surface area contributed by atoms with Gasteiger partial charge in [-0.15, -0.1) is 0 Å². The number of nitrogens with zero attached hydrogens (tertiary/aromatic N) is 2. The maximum absolute atomic E-state index is 13.7. The predicted molar refractivity (Wildman–Crippen MR) is 72.4 cm³/mol. The first-order valence-electron chi connectivity index (χ1n) is 6.88. The molecule has 2 atom stereocenters. The van der Waals surface area contributed by atoms with Crippen LogP contribution in [0, 0.1) is 17.1 Å². The molecule has 0 amide bonds. The summed E-state index contributed by atoms with van der Waals surface area (Å²) in [5.74, 6) is -0.790. The SMILES string of the molecule is N#Cc1ncc(C2(O)CC3CCCC(C2)S3(=O)=O)cc1F. The second kappa shape index (κ2) is 4.75. The largest absolute Gasteiger partial charge is 0.385 e. The lowest BCUT2D eigenvalue weighted by Crippen LogP contribution is -2.50. The van der Waals surface area contributed by atoms with E-state index >= 15 is 0 Å². The lowest BCUT2D eigenvalue weighted by atomic mass is 9.81. The second-order valence-electron chi connectivity index (χ2n) is 5.87. The Morgan fingerprint density at radius 3 is 2.52 bits per heavy atom. The summed E-state index contributed by atoms with van der Waals surface area (Å²) in [6, 6.07) is 2.72. The predicted octanol–water partition coefficient (Wildman–Crippen LogP) is 1.41.